The Kier molecular flexibility index (Phi) is 5.35. The minimum Gasteiger partial charge on any atom is -0.222 e. The van der Waals surface area contributed by atoms with E-state index in [2.05, 4.69) is 47.6 Å². The van der Waals surface area contributed by atoms with Crippen molar-refractivity contribution in [2.45, 2.75) is 52.4 Å². The van der Waals surface area contributed by atoms with Gasteiger partial charge in [0.25, 0.3) is 0 Å². The summed E-state index contributed by atoms with van der Waals surface area (Å²) in [6.07, 6.45) is 0. The van der Waals surface area contributed by atoms with E-state index in [4.69, 9.17) is 9.05 Å². The fourth-order valence-corrected chi connectivity index (χ4v) is 2.98. The molecule has 0 fully saturated rings. The van der Waals surface area contributed by atoms with Crippen molar-refractivity contribution in [3.05, 3.63) is 59.7 Å². The molecule has 0 amide bonds. The van der Waals surface area contributed by atoms with Gasteiger partial charge in [0.15, 0.2) is 11.5 Å². The Balaban J connectivity index is 2.27. The van der Waals surface area contributed by atoms with E-state index in [9.17, 15) is 4.57 Å². The molecular formula is C20H26O3P+. The van der Waals surface area contributed by atoms with Crippen molar-refractivity contribution in [3.8, 4) is 11.5 Å². The number of benzene rings is 2. The lowest BCUT2D eigenvalue weighted by Gasteiger charge is -2.25. The Bertz CT molecular complexity index is 710. The van der Waals surface area contributed by atoms with Crippen LogP contribution in [0.25, 0.3) is 0 Å². The van der Waals surface area contributed by atoms with E-state index in [1.165, 1.54) is 5.56 Å². The van der Waals surface area contributed by atoms with Gasteiger partial charge in [-0.25, -0.2) is 9.05 Å². The van der Waals surface area contributed by atoms with Crippen molar-refractivity contribution >= 4 is 8.25 Å². The molecule has 0 aromatic heterocycles. The maximum Gasteiger partial charge on any atom is 0.805 e. The van der Waals surface area contributed by atoms with E-state index in [-0.39, 0.29) is 10.8 Å². The highest BCUT2D eigenvalue weighted by Crippen LogP contribution is 2.39. The van der Waals surface area contributed by atoms with Crippen LogP contribution in [0.2, 0.25) is 0 Å². The average molecular weight is 345 g/mol. The monoisotopic (exact) mass is 345 g/mol. The number of hydrogen-bond acceptors (Lipinski definition) is 3. The van der Waals surface area contributed by atoms with Crippen LogP contribution in [-0.4, -0.2) is 0 Å². The third-order valence-corrected chi connectivity index (χ3v) is 4.46. The molecule has 0 aliphatic heterocycles. The van der Waals surface area contributed by atoms with Crippen LogP contribution >= 0.6 is 8.25 Å². The lowest BCUT2D eigenvalue weighted by Crippen LogP contribution is -2.17. The lowest BCUT2D eigenvalue weighted by molar-refractivity contribution is 0.408. The summed E-state index contributed by atoms with van der Waals surface area (Å²) in [6, 6.07) is 15.1. The summed E-state index contributed by atoms with van der Waals surface area (Å²) in [7, 11) is -2.28. The van der Waals surface area contributed by atoms with Gasteiger partial charge in [-0.15, -0.1) is 0 Å². The molecule has 0 spiro atoms. The molecule has 0 heterocycles. The van der Waals surface area contributed by atoms with Crippen molar-refractivity contribution in [2.75, 3.05) is 0 Å². The summed E-state index contributed by atoms with van der Waals surface area (Å²) in [5, 5.41) is 0. The predicted octanol–water partition coefficient (Wildman–Crippen LogP) is 6.40. The predicted molar refractivity (Wildman–Crippen MR) is 99.1 cm³/mol. The first kappa shape index (κ1) is 18.5. The molecule has 0 aliphatic rings. The largest absolute Gasteiger partial charge is 0.805 e. The van der Waals surface area contributed by atoms with E-state index < -0.39 is 8.25 Å². The molecule has 128 valence electrons. The smallest absolute Gasteiger partial charge is 0.222 e. The van der Waals surface area contributed by atoms with Gasteiger partial charge in [0.05, 0.1) is 0 Å². The Labute approximate surface area is 146 Å². The standard InChI is InChI=1S/C20H26O3P/c1-19(2,3)15-12-13-18(17(14-15)20(4,5)6)23-24(21)22-16-10-8-7-9-11-16/h7-14H,1-6H3/q+1. The fraction of sp³-hybridized carbons (Fsp3) is 0.400. The summed E-state index contributed by atoms with van der Waals surface area (Å²) in [4.78, 5) is 0. The molecule has 1 unspecified atom stereocenters. The highest BCUT2D eigenvalue weighted by molar-refractivity contribution is 7.34. The Hall–Kier alpha value is -1.86. The zero-order valence-electron chi connectivity index (χ0n) is 15.3. The molecule has 3 nitrogen and oxygen atoms in total. The third-order valence-electron chi connectivity index (χ3n) is 3.75. The van der Waals surface area contributed by atoms with Gasteiger partial charge in [0.1, 0.15) is 0 Å². The zero-order valence-corrected chi connectivity index (χ0v) is 16.2. The molecule has 24 heavy (non-hydrogen) atoms. The Morgan fingerprint density at radius 2 is 1.42 bits per heavy atom. The zero-order chi connectivity index (χ0) is 18.0. The number of hydrogen-bond donors (Lipinski definition) is 0. The first-order chi connectivity index (χ1) is 11.1. The van der Waals surface area contributed by atoms with Crippen LogP contribution in [0.3, 0.4) is 0 Å². The second-order valence-electron chi connectivity index (χ2n) is 7.93. The molecule has 2 aromatic carbocycles. The summed E-state index contributed by atoms with van der Waals surface area (Å²) >= 11 is 0. The first-order valence-electron chi connectivity index (χ1n) is 8.10. The third kappa shape index (κ3) is 4.82. The van der Waals surface area contributed by atoms with Crippen molar-refractivity contribution in [2.24, 2.45) is 0 Å². The van der Waals surface area contributed by atoms with Gasteiger partial charge in [-0.2, -0.15) is 0 Å². The van der Waals surface area contributed by atoms with E-state index >= 15 is 0 Å². The van der Waals surface area contributed by atoms with E-state index in [0.717, 1.165) is 5.56 Å². The van der Waals surface area contributed by atoms with Gasteiger partial charge in [-0.05, 0) is 34.6 Å². The van der Waals surface area contributed by atoms with Crippen LogP contribution < -0.4 is 9.05 Å². The SMILES string of the molecule is CC(C)(C)c1ccc(O[P+](=O)Oc2ccccc2)c(C(C)(C)C)c1. The average Bonchev–Trinajstić information content (AvgIpc) is 2.46. The molecule has 2 aromatic rings. The molecule has 4 heteroatoms. The highest BCUT2D eigenvalue weighted by Gasteiger charge is 2.30. The van der Waals surface area contributed by atoms with Crippen LogP contribution in [0.15, 0.2) is 48.5 Å². The molecule has 1 atom stereocenters. The van der Waals surface area contributed by atoms with Crippen molar-refractivity contribution in [1.29, 1.82) is 0 Å². The van der Waals surface area contributed by atoms with Gasteiger partial charge in [0, 0.05) is 10.1 Å². The lowest BCUT2D eigenvalue weighted by atomic mass is 9.80. The molecule has 0 N–H and O–H groups in total. The van der Waals surface area contributed by atoms with Gasteiger partial charge < -0.3 is 0 Å². The van der Waals surface area contributed by atoms with Crippen molar-refractivity contribution in [1.82, 2.24) is 0 Å². The van der Waals surface area contributed by atoms with E-state index in [0.29, 0.717) is 11.5 Å². The molecule has 0 saturated heterocycles. The molecule has 0 saturated carbocycles. The van der Waals surface area contributed by atoms with E-state index in [1.54, 1.807) is 12.1 Å². The Morgan fingerprint density at radius 3 is 1.96 bits per heavy atom. The first-order valence-corrected chi connectivity index (χ1v) is 9.20. The van der Waals surface area contributed by atoms with Crippen LogP contribution in [0, 0.1) is 0 Å². The van der Waals surface area contributed by atoms with Gasteiger partial charge in [-0.3, -0.25) is 0 Å². The maximum absolute atomic E-state index is 12.2. The van der Waals surface area contributed by atoms with Crippen molar-refractivity contribution in [3.63, 3.8) is 0 Å². The summed E-state index contributed by atoms with van der Waals surface area (Å²) in [5.74, 6) is 1.13. The highest BCUT2D eigenvalue weighted by atomic mass is 31.1. The maximum atomic E-state index is 12.2. The topological polar surface area (TPSA) is 35.5 Å². The van der Waals surface area contributed by atoms with Crippen molar-refractivity contribution < 1.29 is 13.6 Å². The normalized spacial score (nSPS) is 12.7. The second-order valence-corrected chi connectivity index (χ2v) is 8.74. The van der Waals surface area contributed by atoms with Gasteiger partial charge in [-0.1, -0.05) is 71.9 Å². The molecule has 0 bridgehead atoms. The van der Waals surface area contributed by atoms with Crippen LogP contribution in [0.4, 0.5) is 0 Å². The summed E-state index contributed by atoms with van der Waals surface area (Å²) < 4.78 is 23.2. The number of para-hydroxylation sites is 1. The Morgan fingerprint density at radius 1 is 0.792 bits per heavy atom. The van der Waals surface area contributed by atoms with Crippen LogP contribution in [0.5, 0.6) is 11.5 Å². The molecule has 2 rings (SSSR count). The van der Waals surface area contributed by atoms with Gasteiger partial charge in [0.2, 0.25) is 0 Å². The minimum absolute atomic E-state index is 0.0429. The van der Waals surface area contributed by atoms with E-state index in [1.807, 2.05) is 30.3 Å². The van der Waals surface area contributed by atoms with Crippen LogP contribution in [0.1, 0.15) is 52.7 Å². The fourth-order valence-electron chi connectivity index (χ4n) is 2.33. The molecule has 0 aliphatic carbocycles. The minimum atomic E-state index is -2.28. The second kappa shape index (κ2) is 6.94. The molecular weight excluding hydrogens is 319 g/mol. The van der Waals surface area contributed by atoms with Crippen LogP contribution in [-0.2, 0) is 15.4 Å². The summed E-state index contributed by atoms with van der Waals surface area (Å²) in [5.41, 5.74) is 2.16. The number of rotatable bonds is 4. The molecule has 0 radical (unpaired) electrons. The summed E-state index contributed by atoms with van der Waals surface area (Å²) in [6.45, 7) is 12.9. The van der Waals surface area contributed by atoms with Gasteiger partial charge >= 0.3 is 8.25 Å². The quantitative estimate of drug-likeness (QED) is 0.602.